The van der Waals surface area contributed by atoms with Crippen molar-refractivity contribution in [2.45, 2.75) is 124 Å². The van der Waals surface area contributed by atoms with Crippen LogP contribution < -0.4 is 10.6 Å². The molecule has 0 heterocycles. The Hall–Kier alpha value is -0.960. The molecule has 0 aromatic heterocycles. The van der Waals surface area contributed by atoms with Gasteiger partial charge >= 0.3 is 0 Å². The average molecular weight is 489 g/mol. The van der Waals surface area contributed by atoms with Crippen LogP contribution in [0.4, 0.5) is 4.39 Å². The summed E-state index contributed by atoms with van der Waals surface area (Å²) in [4.78, 5) is 25.1. The fourth-order valence-corrected chi connectivity index (χ4v) is 6.32. The van der Waals surface area contributed by atoms with E-state index < -0.39 is 23.4 Å². The highest BCUT2D eigenvalue weighted by Gasteiger charge is 2.55. The number of ether oxygens (including phenoxy) is 2. The minimum absolute atomic E-state index is 0.00434. The van der Waals surface area contributed by atoms with Crippen LogP contribution in [0.15, 0.2) is 0 Å². The zero-order valence-corrected chi connectivity index (χ0v) is 20.1. The Morgan fingerprint density at radius 2 is 1.36 bits per heavy atom. The summed E-state index contributed by atoms with van der Waals surface area (Å²) in [7, 11) is 0. The lowest BCUT2D eigenvalue weighted by Gasteiger charge is -2.56. The summed E-state index contributed by atoms with van der Waals surface area (Å²) in [6.45, 7) is -0.0417. The number of aliphatic hydroxyl groups excluding tert-OH is 1. The maximum atomic E-state index is 13.3. The molecule has 5 saturated carbocycles. The highest BCUT2D eigenvalue weighted by Crippen LogP contribution is 2.47. The van der Waals surface area contributed by atoms with Gasteiger partial charge in [0.25, 0.3) is 0 Å². The standard InChI is InChI=1S/C24H38ClFN2O5/c25-16-1-5-18(6-2-16)33-15-22(31)28-24-11-9-23(10-12-24,13-20(24)29)27-21(30)14-32-19-7-3-17(26)4-8-19/h16-20,29H,1-15H2,(H,27,30)(H,28,31)/t16?,17?,18?,19?,20-,23?,24?/m0/s1. The number of carbonyl (C=O) groups excluding carboxylic acids is 2. The molecule has 0 saturated heterocycles. The van der Waals surface area contributed by atoms with E-state index in [1.807, 2.05) is 0 Å². The van der Waals surface area contributed by atoms with Gasteiger partial charge in [-0.1, -0.05) is 0 Å². The van der Waals surface area contributed by atoms with E-state index in [0.717, 1.165) is 25.7 Å². The van der Waals surface area contributed by atoms with Gasteiger partial charge in [-0.2, -0.15) is 0 Å². The third-order valence-electron chi connectivity index (χ3n) is 8.22. The average Bonchev–Trinajstić information content (AvgIpc) is 2.79. The SMILES string of the molecule is O=C(COC1CCC(F)CC1)NC12CCC(NC(=O)COC3CCC(Cl)CC3)(CC1)[C@@H](O)C2. The quantitative estimate of drug-likeness (QED) is 0.456. The van der Waals surface area contributed by atoms with Gasteiger partial charge in [0.05, 0.1) is 23.9 Å². The fourth-order valence-electron chi connectivity index (χ4n) is 6.07. The molecule has 5 fully saturated rings. The first-order valence-electron chi connectivity index (χ1n) is 12.6. The number of hydrogen-bond acceptors (Lipinski definition) is 5. The number of fused-ring (bicyclic) bond motifs is 3. The van der Waals surface area contributed by atoms with Gasteiger partial charge in [-0.25, -0.2) is 4.39 Å². The molecule has 5 rings (SSSR count). The van der Waals surface area contributed by atoms with E-state index >= 15 is 0 Å². The molecule has 2 amide bonds. The smallest absolute Gasteiger partial charge is 0.246 e. The van der Waals surface area contributed by atoms with Gasteiger partial charge in [-0.3, -0.25) is 9.59 Å². The van der Waals surface area contributed by atoms with Crippen LogP contribution in [0.25, 0.3) is 0 Å². The summed E-state index contributed by atoms with van der Waals surface area (Å²) in [6.07, 6.45) is 7.43. The maximum Gasteiger partial charge on any atom is 0.246 e. The zero-order valence-electron chi connectivity index (χ0n) is 19.3. The third-order valence-corrected chi connectivity index (χ3v) is 8.66. The van der Waals surface area contributed by atoms with Crippen molar-refractivity contribution >= 4 is 23.4 Å². The molecule has 3 N–H and O–H groups in total. The van der Waals surface area contributed by atoms with Crippen LogP contribution in [-0.4, -0.2) is 71.1 Å². The zero-order chi connectivity index (χ0) is 23.5. The van der Waals surface area contributed by atoms with Gasteiger partial charge < -0.3 is 25.2 Å². The maximum absolute atomic E-state index is 13.3. The predicted molar refractivity (Wildman–Crippen MR) is 122 cm³/mol. The molecule has 5 aliphatic carbocycles. The van der Waals surface area contributed by atoms with Crippen LogP contribution in [-0.2, 0) is 19.1 Å². The molecule has 7 nitrogen and oxygen atoms in total. The van der Waals surface area contributed by atoms with Crippen molar-refractivity contribution in [1.29, 1.82) is 0 Å². The number of rotatable bonds is 8. The van der Waals surface area contributed by atoms with Crippen LogP contribution in [0.2, 0.25) is 0 Å². The Kier molecular flexibility index (Phi) is 8.19. The lowest BCUT2D eigenvalue weighted by atomic mass is 9.60. The molecular formula is C24H38ClFN2O5. The van der Waals surface area contributed by atoms with E-state index in [1.54, 1.807) is 0 Å². The Morgan fingerprint density at radius 3 is 1.91 bits per heavy atom. The Bertz CT molecular complexity index is 686. The first-order valence-corrected chi connectivity index (χ1v) is 13.0. The van der Waals surface area contributed by atoms with Crippen molar-refractivity contribution in [2.75, 3.05) is 13.2 Å². The summed E-state index contributed by atoms with van der Waals surface area (Å²) in [5.74, 6) is -0.389. The van der Waals surface area contributed by atoms with Crippen molar-refractivity contribution in [2.24, 2.45) is 0 Å². The van der Waals surface area contributed by atoms with Crippen molar-refractivity contribution in [1.82, 2.24) is 10.6 Å². The van der Waals surface area contributed by atoms with E-state index in [4.69, 9.17) is 21.1 Å². The fraction of sp³-hybridized carbons (Fsp3) is 0.917. The molecule has 5 aliphatic rings. The van der Waals surface area contributed by atoms with Gasteiger partial charge in [0.1, 0.15) is 19.4 Å². The summed E-state index contributed by atoms with van der Waals surface area (Å²) in [5.41, 5.74) is -1.11. The van der Waals surface area contributed by atoms with Crippen LogP contribution in [0.3, 0.4) is 0 Å². The molecule has 0 radical (unpaired) electrons. The van der Waals surface area contributed by atoms with Gasteiger partial charge in [0.15, 0.2) is 0 Å². The predicted octanol–water partition coefficient (Wildman–Crippen LogP) is 2.90. The highest BCUT2D eigenvalue weighted by atomic mass is 35.5. The van der Waals surface area contributed by atoms with E-state index in [-0.39, 0.29) is 42.6 Å². The summed E-state index contributed by atoms with van der Waals surface area (Å²) in [6, 6.07) is 0. The summed E-state index contributed by atoms with van der Waals surface area (Å²) in [5, 5.41) is 17.2. The molecule has 188 valence electrons. The molecule has 0 unspecified atom stereocenters. The number of aliphatic hydroxyl groups is 1. The Labute approximate surface area is 200 Å². The van der Waals surface area contributed by atoms with Crippen molar-refractivity contribution in [3.63, 3.8) is 0 Å². The van der Waals surface area contributed by atoms with Crippen molar-refractivity contribution < 1.29 is 28.6 Å². The normalized spacial score (nSPS) is 40.9. The topological polar surface area (TPSA) is 96.9 Å². The monoisotopic (exact) mass is 488 g/mol. The minimum atomic E-state index is -0.748. The van der Waals surface area contributed by atoms with E-state index in [9.17, 15) is 19.1 Å². The number of carbonyl (C=O) groups is 2. The molecular weight excluding hydrogens is 451 g/mol. The first-order chi connectivity index (χ1) is 15.8. The van der Waals surface area contributed by atoms with Gasteiger partial charge in [0, 0.05) is 10.9 Å². The van der Waals surface area contributed by atoms with E-state index in [1.165, 1.54) is 0 Å². The lowest BCUT2D eigenvalue weighted by molar-refractivity contribution is -0.141. The third kappa shape index (κ3) is 6.38. The van der Waals surface area contributed by atoms with Crippen molar-refractivity contribution in [3.8, 4) is 0 Å². The number of halogens is 2. The van der Waals surface area contributed by atoms with Crippen LogP contribution in [0.5, 0.6) is 0 Å². The van der Waals surface area contributed by atoms with Crippen LogP contribution in [0, 0.1) is 0 Å². The molecule has 9 heteroatoms. The summed E-state index contributed by atoms with van der Waals surface area (Å²) < 4.78 is 24.7. The molecule has 2 bridgehead atoms. The summed E-state index contributed by atoms with van der Waals surface area (Å²) >= 11 is 6.12. The van der Waals surface area contributed by atoms with Crippen molar-refractivity contribution in [3.05, 3.63) is 0 Å². The minimum Gasteiger partial charge on any atom is -0.391 e. The van der Waals surface area contributed by atoms with E-state index in [0.29, 0.717) is 57.8 Å². The first kappa shape index (κ1) is 25.1. The second-order valence-electron chi connectivity index (χ2n) is 10.6. The van der Waals surface area contributed by atoms with Crippen LogP contribution in [0.1, 0.15) is 83.5 Å². The number of hydrogen-bond donors (Lipinski definition) is 3. The lowest BCUT2D eigenvalue weighted by Crippen LogP contribution is -2.70. The Morgan fingerprint density at radius 1 is 0.848 bits per heavy atom. The number of alkyl halides is 2. The number of amides is 2. The molecule has 0 aromatic rings. The molecule has 0 aliphatic heterocycles. The molecule has 0 aromatic carbocycles. The Balaban J connectivity index is 1.20. The second-order valence-corrected chi connectivity index (χ2v) is 11.2. The molecule has 1 atom stereocenters. The van der Waals surface area contributed by atoms with Gasteiger partial charge in [0.2, 0.25) is 11.8 Å². The number of nitrogens with one attached hydrogen (secondary N) is 2. The highest BCUT2D eigenvalue weighted by molar-refractivity contribution is 6.20. The van der Waals surface area contributed by atoms with Crippen LogP contribution >= 0.6 is 11.6 Å². The van der Waals surface area contributed by atoms with Gasteiger partial charge in [-0.15, -0.1) is 11.6 Å². The second kappa shape index (κ2) is 10.8. The largest absolute Gasteiger partial charge is 0.391 e. The van der Waals surface area contributed by atoms with E-state index in [2.05, 4.69) is 10.6 Å². The molecule has 33 heavy (non-hydrogen) atoms. The van der Waals surface area contributed by atoms with Gasteiger partial charge in [-0.05, 0) is 83.5 Å². The molecule has 0 spiro atoms.